The fourth-order valence-electron chi connectivity index (χ4n) is 4.19. The summed E-state index contributed by atoms with van der Waals surface area (Å²) in [6.07, 6.45) is 4.25. The first kappa shape index (κ1) is 23.3. The lowest BCUT2D eigenvalue weighted by Crippen LogP contribution is -2.46. The molecule has 1 N–H and O–H groups in total. The molecule has 0 radical (unpaired) electrons. The van der Waals surface area contributed by atoms with Crippen molar-refractivity contribution in [1.82, 2.24) is 4.90 Å². The standard InChI is InChI=1S/C24H32N2O4S/c1-17-9-10-18(2)22(15-17)26(31(4,29)30)16-19-11-13-20(14-12-19)24(28)25(3)21-7-5-6-8-23(21)27/h9-15,21,23,27H,5-8,16H2,1-4H3/t21-,23-/m1/s1. The van der Waals surface area contributed by atoms with Crippen LogP contribution in [-0.2, 0) is 16.6 Å². The number of sulfonamides is 1. The molecule has 1 aliphatic carbocycles. The van der Waals surface area contributed by atoms with E-state index in [1.54, 1.807) is 36.2 Å². The molecule has 31 heavy (non-hydrogen) atoms. The Labute approximate surface area is 185 Å². The number of benzene rings is 2. The van der Waals surface area contributed by atoms with Crippen molar-refractivity contribution in [3.8, 4) is 0 Å². The van der Waals surface area contributed by atoms with Crippen LogP contribution in [0.4, 0.5) is 5.69 Å². The zero-order valence-corrected chi connectivity index (χ0v) is 19.5. The Morgan fingerprint density at radius 1 is 1.06 bits per heavy atom. The number of likely N-dealkylation sites (N-methyl/N-ethyl adjacent to an activating group) is 1. The first-order valence-corrected chi connectivity index (χ1v) is 12.5. The van der Waals surface area contributed by atoms with Gasteiger partial charge < -0.3 is 10.0 Å². The molecule has 6 nitrogen and oxygen atoms in total. The van der Waals surface area contributed by atoms with Gasteiger partial charge in [0, 0.05) is 12.6 Å². The Morgan fingerprint density at radius 3 is 2.32 bits per heavy atom. The van der Waals surface area contributed by atoms with E-state index < -0.39 is 16.1 Å². The van der Waals surface area contributed by atoms with Gasteiger partial charge in [-0.3, -0.25) is 9.10 Å². The molecule has 1 fully saturated rings. The summed E-state index contributed by atoms with van der Waals surface area (Å²) in [5, 5.41) is 10.2. The molecule has 1 aliphatic rings. The normalized spacial score (nSPS) is 19.1. The SMILES string of the molecule is Cc1ccc(C)c(N(Cc2ccc(C(=O)N(C)[C@@H]3CCCC[C@H]3O)cc2)S(C)(=O)=O)c1. The summed E-state index contributed by atoms with van der Waals surface area (Å²) in [4.78, 5) is 14.5. The van der Waals surface area contributed by atoms with Crippen LogP contribution in [-0.4, -0.2) is 49.8 Å². The number of aliphatic hydroxyl groups is 1. The van der Waals surface area contributed by atoms with E-state index in [-0.39, 0.29) is 18.5 Å². The van der Waals surface area contributed by atoms with E-state index in [1.807, 2.05) is 32.0 Å². The molecular formula is C24H32N2O4S. The van der Waals surface area contributed by atoms with Crippen molar-refractivity contribution in [1.29, 1.82) is 0 Å². The van der Waals surface area contributed by atoms with Gasteiger partial charge in [-0.1, -0.05) is 37.1 Å². The van der Waals surface area contributed by atoms with Crippen molar-refractivity contribution >= 4 is 21.6 Å². The lowest BCUT2D eigenvalue weighted by atomic mass is 9.91. The molecule has 1 saturated carbocycles. The average Bonchev–Trinajstić information content (AvgIpc) is 2.73. The van der Waals surface area contributed by atoms with Crippen LogP contribution in [0, 0.1) is 13.8 Å². The summed E-state index contributed by atoms with van der Waals surface area (Å²) >= 11 is 0. The number of carbonyl (C=O) groups excluding carboxylic acids is 1. The van der Waals surface area contributed by atoms with Gasteiger partial charge in [0.1, 0.15) is 0 Å². The summed E-state index contributed by atoms with van der Waals surface area (Å²) in [7, 11) is -1.75. The van der Waals surface area contributed by atoms with Gasteiger partial charge in [-0.2, -0.15) is 0 Å². The van der Waals surface area contributed by atoms with Crippen molar-refractivity contribution in [3.63, 3.8) is 0 Å². The maximum absolute atomic E-state index is 12.9. The number of rotatable bonds is 6. The van der Waals surface area contributed by atoms with E-state index in [1.165, 1.54) is 10.6 Å². The molecule has 0 aliphatic heterocycles. The van der Waals surface area contributed by atoms with Gasteiger partial charge in [-0.05, 0) is 61.6 Å². The number of aliphatic hydroxyl groups excluding tert-OH is 1. The second-order valence-corrected chi connectivity index (χ2v) is 10.5. The maximum Gasteiger partial charge on any atom is 0.253 e. The molecule has 3 rings (SSSR count). The zero-order valence-electron chi connectivity index (χ0n) is 18.7. The lowest BCUT2D eigenvalue weighted by molar-refractivity contribution is 0.0268. The monoisotopic (exact) mass is 444 g/mol. The minimum Gasteiger partial charge on any atom is -0.391 e. The third-order valence-electron chi connectivity index (χ3n) is 6.07. The van der Waals surface area contributed by atoms with Gasteiger partial charge in [0.05, 0.1) is 30.6 Å². The second kappa shape index (κ2) is 9.40. The summed E-state index contributed by atoms with van der Waals surface area (Å²) < 4.78 is 26.4. The van der Waals surface area contributed by atoms with Crippen LogP contribution in [0.25, 0.3) is 0 Å². The summed E-state index contributed by atoms with van der Waals surface area (Å²) in [5.74, 6) is -0.132. The van der Waals surface area contributed by atoms with Gasteiger partial charge in [0.25, 0.3) is 5.91 Å². The predicted octanol–water partition coefficient (Wildman–Crippen LogP) is 3.65. The van der Waals surface area contributed by atoms with E-state index in [0.717, 1.165) is 42.4 Å². The Bertz CT molecular complexity index is 1030. The van der Waals surface area contributed by atoms with E-state index in [2.05, 4.69) is 0 Å². The zero-order chi connectivity index (χ0) is 22.8. The highest BCUT2D eigenvalue weighted by molar-refractivity contribution is 7.92. The number of anilines is 1. The van der Waals surface area contributed by atoms with E-state index in [0.29, 0.717) is 11.3 Å². The van der Waals surface area contributed by atoms with Gasteiger partial charge in [-0.25, -0.2) is 8.42 Å². The molecule has 0 unspecified atom stereocenters. The quantitative estimate of drug-likeness (QED) is 0.738. The Balaban J connectivity index is 1.79. The maximum atomic E-state index is 12.9. The van der Waals surface area contributed by atoms with Crippen LogP contribution < -0.4 is 4.31 Å². The molecule has 2 atom stereocenters. The first-order valence-electron chi connectivity index (χ1n) is 10.7. The Morgan fingerprint density at radius 2 is 1.71 bits per heavy atom. The number of carbonyl (C=O) groups is 1. The fraction of sp³-hybridized carbons (Fsp3) is 0.458. The van der Waals surface area contributed by atoms with Crippen molar-refractivity contribution in [3.05, 3.63) is 64.7 Å². The van der Waals surface area contributed by atoms with Gasteiger partial charge in [0.2, 0.25) is 10.0 Å². The second-order valence-electron chi connectivity index (χ2n) is 8.59. The van der Waals surface area contributed by atoms with Crippen molar-refractivity contribution in [2.75, 3.05) is 17.6 Å². The van der Waals surface area contributed by atoms with E-state index >= 15 is 0 Å². The number of hydrogen-bond acceptors (Lipinski definition) is 4. The largest absolute Gasteiger partial charge is 0.391 e. The van der Waals surface area contributed by atoms with Crippen LogP contribution in [0.3, 0.4) is 0 Å². The smallest absolute Gasteiger partial charge is 0.253 e. The molecule has 0 spiro atoms. The van der Waals surface area contributed by atoms with Crippen LogP contribution >= 0.6 is 0 Å². The highest BCUT2D eigenvalue weighted by atomic mass is 32.2. The van der Waals surface area contributed by atoms with Crippen LogP contribution in [0.2, 0.25) is 0 Å². The molecule has 1 amide bonds. The Kier molecular flexibility index (Phi) is 7.06. The highest BCUT2D eigenvalue weighted by Crippen LogP contribution is 2.27. The molecule has 7 heteroatoms. The van der Waals surface area contributed by atoms with Crippen molar-refractivity contribution in [2.45, 2.75) is 58.2 Å². The van der Waals surface area contributed by atoms with Crippen LogP contribution in [0.15, 0.2) is 42.5 Å². The Hall–Kier alpha value is -2.38. The van der Waals surface area contributed by atoms with E-state index in [9.17, 15) is 18.3 Å². The van der Waals surface area contributed by atoms with Gasteiger partial charge in [0.15, 0.2) is 0 Å². The number of amides is 1. The minimum atomic E-state index is -3.49. The molecule has 0 aromatic heterocycles. The molecule has 2 aromatic carbocycles. The number of hydrogen-bond donors (Lipinski definition) is 1. The van der Waals surface area contributed by atoms with Gasteiger partial charge in [-0.15, -0.1) is 0 Å². The van der Waals surface area contributed by atoms with Crippen molar-refractivity contribution in [2.24, 2.45) is 0 Å². The highest BCUT2D eigenvalue weighted by Gasteiger charge is 2.30. The summed E-state index contributed by atoms with van der Waals surface area (Å²) in [6, 6.07) is 12.6. The molecule has 2 aromatic rings. The molecule has 0 saturated heterocycles. The van der Waals surface area contributed by atoms with Gasteiger partial charge >= 0.3 is 0 Å². The molecule has 0 bridgehead atoms. The third-order valence-corrected chi connectivity index (χ3v) is 7.20. The molecule has 168 valence electrons. The van der Waals surface area contributed by atoms with Crippen molar-refractivity contribution < 1.29 is 18.3 Å². The lowest BCUT2D eigenvalue weighted by Gasteiger charge is -2.35. The van der Waals surface area contributed by atoms with Crippen LogP contribution in [0.5, 0.6) is 0 Å². The summed E-state index contributed by atoms with van der Waals surface area (Å²) in [6.45, 7) is 4.02. The molecular weight excluding hydrogens is 412 g/mol. The summed E-state index contributed by atoms with van der Waals surface area (Å²) in [5.41, 5.74) is 3.86. The predicted molar refractivity (Wildman–Crippen MR) is 124 cm³/mol. The number of aryl methyl sites for hydroxylation is 2. The molecule has 0 heterocycles. The average molecular weight is 445 g/mol. The minimum absolute atomic E-state index is 0.132. The fourth-order valence-corrected chi connectivity index (χ4v) is 5.12. The third kappa shape index (κ3) is 5.46. The van der Waals surface area contributed by atoms with E-state index in [4.69, 9.17) is 0 Å². The topological polar surface area (TPSA) is 77.9 Å². The number of nitrogens with zero attached hydrogens (tertiary/aromatic N) is 2. The first-order chi connectivity index (χ1) is 14.6. The van der Waals surface area contributed by atoms with Crippen LogP contribution in [0.1, 0.15) is 52.7 Å².